The lowest BCUT2D eigenvalue weighted by molar-refractivity contribution is 0.0699. The second-order valence-corrected chi connectivity index (χ2v) is 8.59. The van der Waals surface area contributed by atoms with Gasteiger partial charge in [0.25, 0.3) is 0 Å². The quantitative estimate of drug-likeness (QED) is 0.824. The molecular formula is C16H20N2O4S. The van der Waals surface area contributed by atoms with Crippen molar-refractivity contribution in [2.24, 2.45) is 10.8 Å². The highest BCUT2D eigenvalue weighted by Gasteiger charge is 2.81. The number of fused-ring (bicyclic) bond motifs is 2. The number of para-hydroxylation sites is 1. The summed E-state index contributed by atoms with van der Waals surface area (Å²) < 4.78 is 32.2. The van der Waals surface area contributed by atoms with Crippen molar-refractivity contribution in [3.05, 3.63) is 29.8 Å². The number of nitrogens with one attached hydrogen (secondary N) is 2. The van der Waals surface area contributed by atoms with Gasteiger partial charge in [-0.3, -0.25) is 4.79 Å². The lowest BCUT2D eigenvalue weighted by Crippen LogP contribution is -2.40. The largest absolute Gasteiger partial charge is 0.492 e. The summed E-state index contributed by atoms with van der Waals surface area (Å²) in [6.07, 6.45) is 2.70. The molecule has 2 unspecified atom stereocenters. The molecule has 2 spiro atoms. The van der Waals surface area contributed by atoms with E-state index >= 15 is 0 Å². The van der Waals surface area contributed by atoms with E-state index in [-0.39, 0.29) is 23.8 Å². The van der Waals surface area contributed by atoms with Crippen molar-refractivity contribution in [1.82, 2.24) is 10.0 Å². The Hall–Kier alpha value is -1.44. The van der Waals surface area contributed by atoms with Gasteiger partial charge in [0, 0.05) is 11.5 Å². The molecule has 2 heterocycles. The van der Waals surface area contributed by atoms with E-state index in [1.807, 2.05) is 12.1 Å². The molecule has 4 rings (SSSR count). The van der Waals surface area contributed by atoms with E-state index in [1.54, 1.807) is 12.1 Å². The average Bonchev–Trinajstić information content (AvgIpc) is 3.02. The smallest absolute Gasteiger partial charge is 0.209 e. The number of hydrogen-bond donors (Lipinski definition) is 2. The van der Waals surface area contributed by atoms with Crippen LogP contribution in [0.15, 0.2) is 24.3 Å². The molecule has 124 valence electrons. The summed E-state index contributed by atoms with van der Waals surface area (Å²) in [6, 6.07) is 6.83. The molecule has 0 radical (unpaired) electrons. The standard InChI is InChI=1S/C16H20N2O4S/c1-23(20,21)18-14-15(6-8-17-9-7-15)16(14)10-22-12-5-3-2-4-11(12)13(16)19/h2-5,14,17-18H,6-10H2,1H3. The van der Waals surface area contributed by atoms with Crippen LogP contribution in [0.1, 0.15) is 23.2 Å². The van der Waals surface area contributed by atoms with E-state index < -0.39 is 15.4 Å². The van der Waals surface area contributed by atoms with Crippen molar-refractivity contribution in [3.8, 4) is 5.75 Å². The van der Waals surface area contributed by atoms with Gasteiger partial charge >= 0.3 is 0 Å². The summed E-state index contributed by atoms with van der Waals surface area (Å²) in [5, 5.41) is 3.29. The highest BCUT2D eigenvalue weighted by molar-refractivity contribution is 7.88. The minimum Gasteiger partial charge on any atom is -0.492 e. The fourth-order valence-corrected chi connectivity index (χ4v) is 5.42. The molecule has 0 bridgehead atoms. The van der Waals surface area contributed by atoms with Crippen LogP contribution in [0, 0.1) is 10.8 Å². The Morgan fingerprint density at radius 2 is 1.96 bits per heavy atom. The highest BCUT2D eigenvalue weighted by atomic mass is 32.2. The molecule has 1 aromatic rings. The zero-order valence-corrected chi connectivity index (χ0v) is 13.8. The third-order valence-corrected chi connectivity index (χ3v) is 6.33. The number of Topliss-reactive ketones (excluding diaryl/α,β-unsaturated/α-hetero) is 1. The number of ketones is 1. The number of ether oxygens (including phenoxy) is 1. The fourth-order valence-electron chi connectivity index (χ4n) is 4.56. The predicted molar refractivity (Wildman–Crippen MR) is 85.0 cm³/mol. The van der Waals surface area contributed by atoms with Gasteiger partial charge in [-0.05, 0) is 38.1 Å². The van der Waals surface area contributed by atoms with Gasteiger partial charge in [-0.25, -0.2) is 13.1 Å². The van der Waals surface area contributed by atoms with Crippen LogP contribution in [-0.2, 0) is 10.0 Å². The molecule has 2 N–H and O–H groups in total. The summed E-state index contributed by atoms with van der Waals surface area (Å²) in [5.74, 6) is 0.611. The Balaban J connectivity index is 1.78. The van der Waals surface area contributed by atoms with E-state index in [0.717, 1.165) is 32.2 Å². The predicted octanol–water partition coefficient (Wildman–Crippen LogP) is 0.549. The number of carbonyl (C=O) groups is 1. The minimum atomic E-state index is -3.39. The molecule has 23 heavy (non-hydrogen) atoms. The second-order valence-electron chi connectivity index (χ2n) is 6.81. The number of carbonyl (C=O) groups excluding carboxylic acids is 1. The van der Waals surface area contributed by atoms with Crippen LogP contribution in [0.5, 0.6) is 5.75 Å². The first-order chi connectivity index (χ1) is 10.9. The number of sulfonamides is 1. The maximum Gasteiger partial charge on any atom is 0.209 e. The molecule has 1 saturated carbocycles. The van der Waals surface area contributed by atoms with E-state index in [4.69, 9.17) is 4.74 Å². The molecule has 6 nitrogen and oxygen atoms in total. The molecular weight excluding hydrogens is 316 g/mol. The van der Waals surface area contributed by atoms with E-state index in [9.17, 15) is 13.2 Å². The zero-order valence-electron chi connectivity index (χ0n) is 13.0. The number of piperidine rings is 1. The van der Waals surface area contributed by atoms with Gasteiger partial charge in [-0.1, -0.05) is 12.1 Å². The first-order valence-corrected chi connectivity index (χ1v) is 9.75. The van der Waals surface area contributed by atoms with Crippen LogP contribution in [-0.4, -0.2) is 46.2 Å². The Bertz CT molecular complexity index is 770. The van der Waals surface area contributed by atoms with E-state index in [1.165, 1.54) is 0 Å². The Kier molecular flexibility index (Phi) is 3.14. The van der Waals surface area contributed by atoms with E-state index in [0.29, 0.717) is 11.3 Å². The molecule has 0 amide bonds. The molecule has 2 fully saturated rings. The van der Waals surface area contributed by atoms with Crippen molar-refractivity contribution in [1.29, 1.82) is 0 Å². The molecule has 2 atom stereocenters. The summed E-state index contributed by atoms with van der Waals surface area (Å²) in [4.78, 5) is 13.2. The van der Waals surface area contributed by atoms with Gasteiger partial charge in [0.15, 0.2) is 5.78 Å². The minimum absolute atomic E-state index is 0.0161. The second kappa shape index (κ2) is 4.78. The van der Waals surface area contributed by atoms with Gasteiger partial charge in [0.1, 0.15) is 12.4 Å². The first-order valence-electron chi connectivity index (χ1n) is 7.85. The zero-order chi connectivity index (χ0) is 16.3. The number of benzene rings is 1. The Labute approximate surface area is 135 Å². The van der Waals surface area contributed by atoms with Crippen molar-refractivity contribution >= 4 is 15.8 Å². The van der Waals surface area contributed by atoms with Crippen LogP contribution in [0.2, 0.25) is 0 Å². The third-order valence-electron chi connectivity index (χ3n) is 5.67. The Morgan fingerprint density at radius 3 is 2.65 bits per heavy atom. The number of rotatable bonds is 2. The van der Waals surface area contributed by atoms with Crippen molar-refractivity contribution < 1.29 is 17.9 Å². The molecule has 2 aliphatic heterocycles. The molecule has 1 saturated heterocycles. The van der Waals surface area contributed by atoms with Gasteiger partial charge in [0.05, 0.1) is 17.2 Å². The first kappa shape index (κ1) is 15.1. The lowest BCUT2D eigenvalue weighted by Gasteiger charge is -2.31. The van der Waals surface area contributed by atoms with Gasteiger partial charge in [-0.15, -0.1) is 0 Å². The normalized spacial score (nSPS) is 31.7. The maximum atomic E-state index is 13.2. The molecule has 1 aliphatic carbocycles. The lowest BCUT2D eigenvalue weighted by atomic mass is 9.79. The van der Waals surface area contributed by atoms with Gasteiger partial charge < -0.3 is 10.1 Å². The molecule has 3 aliphatic rings. The fraction of sp³-hybridized carbons (Fsp3) is 0.562. The summed E-state index contributed by atoms with van der Waals surface area (Å²) in [5.41, 5.74) is -0.548. The molecule has 1 aromatic carbocycles. The van der Waals surface area contributed by atoms with Crippen LogP contribution in [0.3, 0.4) is 0 Å². The van der Waals surface area contributed by atoms with Crippen molar-refractivity contribution in [2.45, 2.75) is 18.9 Å². The molecule has 7 heteroatoms. The molecule has 0 aromatic heterocycles. The van der Waals surface area contributed by atoms with Crippen LogP contribution >= 0.6 is 0 Å². The highest BCUT2D eigenvalue weighted by Crippen LogP contribution is 2.70. The summed E-state index contributed by atoms with van der Waals surface area (Å²) in [6.45, 7) is 1.83. The summed E-state index contributed by atoms with van der Waals surface area (Å²) >= 11 is 0. The van der Waals surface area contributed by atoms with Crippen molar-refractivity contribution in [3.63, 3.8) is 0 Å². The van der Waals surface area contributed by atoms with Crippen molar-refractivity contribution in [2.75, 3.05) is 26.0 Å². The summed E-state index contributed by atoms with van der Waals surface area (Å²) in [7, 11) is -3.39. The number of hydrogen-bond acceptors (Lipinski definition) is 5. The van der Waals surface area contributed by atoms with Crippen LogP contribution in [0.25, 0.3) is 0 Å². The Morgan fingerprint density at radius 1 is 1.26 bits per heavy atom. The van der Waals surface area contributed by atoms with Crippen LogP contribution in [0.4, 0.5) is 0 Å². The van der Waals surface area contributed by atoms with E-state index in [2.05, 4.69) is 10.0 Å². The van der Waals surface area contributed by atoms with Gasteiger partial charge in [-0.2, -0.15) is 0 Å². The maximum absolute atomic E-state index is 13.2. The monoisotopic (exact) mass is 336 g/mol. The average molecular weight is 336 g/mol. The third kappa shape index (κ3) is 2.00. The topological polar surface area (TPSA) is 84.5 Å². The van der Waals surface area contributed by atoms with Crippen LogP contribution < -0.4 is 14.8 Å². The van der Waals surface area contributed by atoms with Gasteiger partial charge in [0.2, 0.25) is 10.0 Å². The SMILES string of the molecule is CS(=O)(=O)NC1C2(CCNCC2)C12COc1ccccc1C2=O.